The first-order valence-electron chi connectivity index (χ1n) is 12.6. The molecule has 1 saturated carbocycles. The van der Waals surface area contributed by atoms with E-state index < -0.39 is 55.8 Å². The number of halogens is 4. The summed E-state index contributed by atoms with van der Waals surface area (Å²) in [5.74, 6) is -4.29. The number of hydrogen-bond donors (Lipinski definition) is 3. The topological polar surface area (TPSA) is 130 Å². The van der Waals surface area contributed by atoms with Gasteiger partial charge in [0, 0.05) is 22.9 Å². The molecule has 3 aromatic rings. The molecule has 0 saturated heterocycles. The van der Waals surface area contributed by atoms with Crippen LogP contribution in [0.4, 0.5) is 23.2 Å². The van der Waals surface area contributed by atoms with Gasteiger partial charge >= 0.3 is 11.5 Å². The van der Waals surface area contributed by atoms with Gasteiger partial charge in [0.15, 0.2) is 0 Å². The lowest BCUT2D eigenvalue weighted by Gasteiger charge is -2.28. The number of carbonyl (C=O) groups is 3. The predicted octanol–water partition coefficient (Wildman–Crippen LogP) is 5.04. The van der Waals surface area contributed by atoms with Crippen molar-refractivity contribution < 1.29 is 45.5 Å². The summed E-state index contributed by atoms with van der Waals surface area (Å²) in [6.07, 6.45) is 4.21. The van der Waals surface area contributed by atoms with Crippen molar-refractivity contribution in [2.75, 3.05) is 5.32 Å². The molecule has 8 nitrogen and oxygen atoms in total. The molecule has 5 rings (SSSR count). The summed E-state index contributed by atoms with van der Waals surface area (Å²) in [4.78, 5) is 36.6. The number of aromatic carboxylic acids is 1. The molecule has 0 radical (unpaired) electrons. The van der Waals surface area contributed by atoms with Crippen LogP contribution in [0.1, 0.15) is 27.1 Å². The molecule has 2 aliphatic carbocycles. The van der Waals surface area contributed by atoms with E-state index in [0.717, 1.165) is 24.3 Å². The van der Waals surface area contributed by atoms with Gasteiger partial charge in [0.2, 0.25) is 5.91 Å². The van der Waals surface area contributed by atoms with E-state index in [9.17, 15) is 40.4 Å². The van der Waals surface area contributed by atoms with Crippen LogP contribution in [0.5, 0.6) is 0 Å². The summed E-state index contributed by atoms with van der Waals surface area (Å²) in [7, 11) is -5.62. The van der Waals surface area contributed by atoms with Crippen LogP contribution in [0.2, 0.25) is 0 Å². The monoisotopic (exact) mass is 602 g/mol. The Kier molecular flexibility index (Phi) is 7.39. The molecule has 218 valence electrons. The van der Waals surface area contributed by atoms with Crippen LogP contribution in [0.3, 0.4) is 0 Å². The van der Waals surface area contributed by atoms with Gasteiger partial charge in [-0.15, -0.1) is 0 Å². The van der Waals surface area contributed by atoms with E-state index in [4.69, 9.17) is 5.11 Å². The first kappa shape index (κ1) is 29.0. The zero-order valence-electron chi connectivity index (χ0n) is 21.4. The smallest absolute Gasteiger partial charge is 0.478 e. The molecular weight excluding hydrogens is 580 g/mol. The van der Waals surface area contributed by atoms with Gasteiger partial charge in [0.1, 0.15) is 5.82 Å². The van der Waals surface area contributed by atoms with Gasteiger partial charge < -0.3 is 15.7 Å². The number of rotatable bonds is 7. The molecule has 3 N–H and O–H groups in total. The van der Waals surface area contributed by atoms with Gasteiger partial charge in [0.05, 0.1) is 16.4 Å². The van der Waals surface area contributed by atoms with Crippen molar-refractivity contribution in [3.8, 4) is 11.1 Å². The molecule has 2 bridgehead atoms. The Labute approximate surface area is 237 Å². The Morgan fingerprint density at radius 3 is 2.21 bits per heavy atom. The predicted molar refractivity (Wildman–Crippen MR) is 143 cm³/mol. The summed E-state index contributed by atoms with van der Waals surface area (Å²) in [5.41, 5.74) is -5.15. The van der Waals surface area contributed by atoms with Gasteiger partial charge in [-0.25, -0.2) is 17.6 Å². The molecule has 1 fully saturated rings. The standard InChI is InChI=1S/C29H22F4N2O6S/c30-23-11-10-19(13-22(23)15-4-6-16(7-5-15)28(38)39)26(36)35-25-18-9-8-17(12-18)24(25)27(37)34-20-2-1-3-21(14-20)42(40,41)29(31,32)33/h1-11,13-14,17-18,24-25H,12H2,(H,34,37)(H,35,36)(H,38,39)/t17-,18+,24+,25-/m1/s1. The quantitative estimate of drug-likeness (QED) is 0.257. The lowest BCUT2D eigenvalue weighted by molar-refractivity contribution is -0.121. The summed E-state index contributed by atoms with van der Waals surface area (Å²) >= 11 is 0. The van der Waals surface area contributed by atoms with E-state index >= 15 is 0 Å². The number of carboxylic acids is 1. The van der Waals surface area contributed by atoms with Crippen molar-refractivity contribution in [1.82, 2.24) is 5.32 Å². The number of alkyl halides is 3. The highest BCUT2D eigenvalue weighted by atomic mass is 32.2. The molecular formula is C29H22F4N2O6S. The summed E-state index contributed by atoms with van der Waals surface area (Å²) in [6.45, 7) is 0. The summed E-state index contributed by atoms with van der Waals surface area (Å²) < 4.78 is 77.2. The van der Waals surface area contributed by atoms with Gasteiger partial charge in [-0.05, 0) is 72.4 Å². The maximum Gasteiger partial charge on any atom is 0.501 e. The minimum atomic E-state index is -5.62. The van der Waals surface area contributed by atoms with E-state index in [-0.39, 0.29) is 34.2 Å². The van der Waals surface area contributed by atoms with Gasteiger partial charge in [-0.3, -0.25) is 9.59 Å². The third-order valence-electron chi connectivity index (χ3n) is 7.45. The fourth-order valence-corrected chi connectivity index (χ4v) is 6.20. The summed E-state index contributed by atoms with van der Waals surface area (Å²) in [5, 5.41) is 14.4. The molecule has 0 unspecified atom stereocenters. The highest BCUT2D eigenvalue weighted by Crippen LogP contribution is 2.44. The molecule has 13 heteroatoms. The van der Waals surface area contributed by atoms with E-state index in [1.165, 1.54) is 42.5 Å². The lowest BCUT2D eigenvalue weighted by atomic mass is 9.87. The second kappa shape index (κ2) is 10.7. The normalized spacial score (nSPS) is 21.2. The van der Waals surface area contributed by atoms with Crippen molar-refractivity contribution in [3.63, 3.8) is 0 Å². The van der Waals surface area contributed by atoms with E-state index in [0.29, 0.717) is 12.0 Å². The number of benzene rings is 3. The number of sulfone groups is 1. The molecule has 42 heavy (non-hydrogen) atoms. The maximum atomic E-state index is 14.6. The number of hydrogen-bond acceptors (Lipinski definition) is 5. The molecule has 0 spiro atoms. The van der Waals surface area contributed by atoms with Gasteiger partial charge in [-0.2, -0.15) is 13.2 Å². The van der Waals surface area contributed by atoms with Crippen LogP contribution in [0, 0.1) is 23.6 Å². The Hall–Kier alpha value is -4.52. The highest BCUT2D eigenvalue weighted by molar-refractivity contribution is 7.92. The number of carboxylic acid groups (broad SMARTS) is 1. The van der Waals surface area contributed by atoms with Crippen molar-refractivity contribution in [3.05, 3.63) is 95.8 Å². The lowest BCUT2D eigenvalue weighted by Crippen LogP contribution is -2.47. The Bertz CT molecular complexity index is 1720. The third kappa shape index (κ3) is 5.39. The number of nitrogens with one attached hydrogen (secondary N) is 2. The van der Waals surface area contributed by atoms with Crippen LogP contribution < -0.4 is 10.6 Å². The molecule has 2 amide bonds. The van der Waals surface area contributed by atoms with Crippen LogP contribution in [0.25, 0.3) is 11.1 Å². The number of amides is 2. The minimum Gasteiger partial charge on any atom is -0.478 e. The Morgan fingerprint density at radius 2 is 1.55 bits per heavy atom. The second-order valence-corrected chi connectivity index (χ2v) is 12.0. The largest absolute Gasteiger partial charge is 0.501 e. The van der Waals surface area contributed by atoms with E-state index in [2.05, 4.69) is 10.6 Å². The molecule has 0 aliphatic heterocycles. The molecule has 4 atom stereocenters. The Balaban J connectivity index is 1.35. The van der Waals surface area contributed by atoms with Crippen molar-refractivity contribution in [2.24, 2.45) is 17.8 Å². The van der Waals surface area contributed by atoms with Gasteiger partial charge in [0.25, 0.3) is 15.7 Å². The third-order valence-corrected chi connectivity index (χ3v) is 8.93. The van der Waals surface area contributed by atoms with Crippen molar-refractivity contribution in [2.45, 2.75) is 22.9 Å². The molecule has 2 aliphatic rings. The van der Waals surface area contributed by atoms with Crippen molar-refractivity contribution >= 4 is 33.3 Å². The maximum absolute atomic E-state index is 14.6. The fraction of sp³-hybridized carbons (Fsp3) is 0.207. The fourth-order valence-electron chi connectivity index (χ4n) is 5.39. The SMILES string of the molecule is O=C(O)c1ccc(-c2cc(C(=O)N[C@H]3[C@@H](C(=O)Nc4cccc(S(=O)(=O)C(F)(F)F)c4)[C@@H]4C=C[C@H]3C4)ccc2F)cc1. The second-order valence-electron chi connectivity index (χ2n) is 10.0. The average molecular weight is 603 g/mol. The zero-order valence-corrected chi connectivity index (χ0v) is 22.2. The first-order chi connectivity index (χ1) is 19.8. The van der Waals surface area contributed by atoms with Crippen LogP contribution >= 0.6 is 0 Å². The summed E-state index contributed by atoms with van der Waals surface area (Å²) in [6, 6.07) is 12.3. The van der Waals surface area contributed by atoms with E-state index in [1.807, 2.05) is 12.2 Å². The zero-order chi connectivity index (χ0) is 30.4. The Morgan fingerprint density at radius 1 is 0.881 bits per heavy atom. The number of carbonyl (C=O) groups excluding carboxylic acids is 2. The van der Waals surface area contributed by atoms with Crippen molar-refractivity contribution in [1.29, 1.82) is 0 Å². The number of allylic oxidation sites excluding steroid dienone is 1. The average Bonchev–Trinajstić information content (AvgIpc) is 3.55. The number of anilines is 1. The van der Waals surface area contributed by atoms with Crippen LogP contribution in [-0.4, -0.2) is 42.9 Å². The van der Waals surface area contributed by atoms with Crippen LogP contribution in [-0.2, 0) is 14.6 Å². The molecule has 0 heterocycles. The number of fused-ring (bicyclic) bond motifs is 2. The van der Waals surface area contributed by atoms with Crippen LogP contribution in [0.15, 0.2) is 83.8 Å². The van der Waals surface area contributed by atoms with E-state index in [1.54, 1.807) is 0 Å². The molecule has 3 aromatic carbocycles. The first-order valence-corrected chi connectivity index (χ1v) is 14.1. The molecule has 0 aromatic heterocycles. The van der Waals surface area contributed by atoms with Gasteiger partial charge in [-0.1, -0.05) is 30.4 Å². The highest BCUT2D eigenvalue weighted by Gasteiger charge is 2.49. The minimum absolute atomic E-state index is 0.00965.